The molecule has 0 aromatic carbocycles. The molecule has 0 bridgehead atoms. The Hall–Kier alpha value is -0.560. The molecule has 0 amide bonds. The highest BCUT2D eigenvalue weighted by Gasteiger charge is 1.80. The van der Waals surface area contributed by atoms with Crippen LogP contribution in [0, 0.1) is 0 Å². The quantitative estimate of drug-likeness (QED) is 0.577. The summed E-state index contributed by atoms with van der Waals surface area (Å²) in [5.74, 6) is 0. The molecule has 1 rings (SSSR count). The Labute approximate surface area is 67.2 Å². The van der Waals surface area contributed by atoms with Crippen molar-refractivity contribution in [2.24, 2.45) is 0 Å². The molecule has 10 heavy (non-hydrogen) atoms. The van der Waals surface area contributed by atoms with Gasteiger partial charge in [-0.2, -0.15) is 11.3 Å². The molecule has 0 aliphatic heterocycles. The van der Waals surface area contributed by atoms with E-state index in [0.717, 1.165) is 0 Å². The molecular weight excluding hydrogens is 140 g/mol. The Balaban J connectivity index is 0.000000371. The third-order valence-electron chi connectivity index (χ3n) is 0.902. The van der Waals surface area contributed by atoms with Gasteiger partial charge in [0.05, 0.1) is 0 Å². The van der Waals surface area contributed by atoms with Gasteiger partial charge in [-0.05, 0) is 29.3 Å². The summed E-state index contributed by atoms with van der Waals surface area (Å²) in [7, 11) is 0. The van der Waals surface area contributed by atoms with Gasteiger partial charge in [0.25, 0.3) is 0 Å². The summed E-state index contributed by atoms with van der Waals surface area (Å²) in [4.78, 5) is 0. The van der Waals surface area contributed by atoms with Crippen LogP contribution in [-0.2, 0) is 0 Å². The van der Waals surface area contributed by atoms with E-state index in [-0.39, 0.29) is 0 Å². The third-order valence-corrected chi connectivity index (χ3v) is 1.60. The first kappa shape index (κ1) is 9.44. The number of allylic oxidation sites excluding steroid dienone is 1. The Morgan fingerprint density at radius 1 is 1.40 bits per heavy atom. The predicted molar refractivity (Wildman–Crippen MR) is 50.4 cm³/mol. The topological polar surface area (TPSA) is 0 Å². The molecule has 1 heteroatoms. The molecule has 0 N–H and O–H groups in total. The van der Waals surface area contributed by atoms with Crippen LogP contribution in [0.3, 0.4) is 0 Å². The maximum atomic E-state index is 2.12. The van der Waals surface area contributed by atoms with E-state index in [1.54, 1.807) is 11.3 Å². The minimum absolute atomic E-state index is 1.30. The summed E-state index contributed by atoms with van der Waals surface area (Å²) in [6, 6.07) is 2.10. The predicted octanol–water partition coefficient (Wildman–Crippen LogP) is 3.81. The molecule has 1 heterocycles. The standard InChI is InChI=1S/C7H8S.C2H6/c1-2-3-7-4-5-8-6-7;1-2/h2-6H,1H3;1-2H3/b3-2+;. The van der Waals surface area contributed by atoms with Crippen LogP contribution in [0.2, 0.25) is 0 Å². The number of hydrogen-bond donors (Lipinski definition) is 0. The lowest BCUT2D eigenvalue weighted by Gasteiger charge is -1.75. The van der Waals surface area contributed by atoms with Gasteiger partial charge in [-0.3, -0.25) is 0 Å². The fourth-order valence-electron chi connectivity index (χ4n) is 0.562. The van der Waals surface area contributed by atoms with Gasteiger partial charge in [-0.25, -0.2) is 0 Å². The summed E-state index contributed by atoms with van der Waals surface area (Å²) >= 11 is 1.73. The Morgan fingerprint density at radius 3 is 2.50 bits per heavy atom. The van der Waals surface area contributed by atoms with Crippen molar-refractivity contribution in [1.29, 1.82) is 0 Å². The molecule has 0 fully saturated rings. The lowest BCUT2D eigenvalue weighted by Crippen LogP contribution is -1.53. The van der Waals surface area contributed by atoms with Crippen molar-refractivity contribution in [3.8, 4) is 0 Å². The molecule has 0 saturated carbocycles. The highest BCUT2D eigenvalue weighted by molar-refractivity contribution is 7.08. The van der Waals surface area contributed by atoms with Crippen molar-refractivity contribution < 1.29 is 0 Å². The van der Waals surface area contributed by atoms with Gasteiger partial charge in [-0.15, -0.1) is 0 Å². The molecule has 0 unspecified atom stereocenters. The van der Waals surface area contributed by atoms with E-state index < -0.39 is 0 Å². The highest BCUT2D eigenvalue weighted by Crippen LogP contribution is 2.06. The molecule has 0 saturated heterocycles. The normalized spacial score (nSPS) is 9.10. The lowest BCUT2D eigenvalue weighted by molar-refractivity contribution is 1.50. The zero-order valence-electron chi connectivity index (χ0n) is 6.79. The van der Waals surface area contributed by atoms with E-state index in [4.69, 9.17) is 0 Å². The van der Waals surface area contributed by atoms with Crippen LogP contribution in [0.4, 0.5) is 0 Å². The van der Waals surface area contributed by atoms with E-state index >= 15 is 0 Å². The van der Waals surface area contributed by atoms with Gasteiger partial charge in [0.2, 0.25) is 0 Å². The van der Waals surface area contributed by atoms with Crippen LogP contribution in [0.25, 0.3) is 6.08 Å². The second-order valence-electron chi connectivity index (χ2n) is 1.56. The smallest absolute Gasteiger partial charge is 0.00209 e. The number of hydrogen-bond acceptors (Lipinski definition) is 1. The van der Waals surface area contributed by atoms with E-state index in [1.165, 1.54) is 5.56 Å². The fraction of sp³-hybridized carbons (Fsp3) is 0.333. The Kier molecular flexibility index (Phi) is 6.19. The number of rotatable bonds is 1. The van der Waals surface area contributed by atoms with Crippen molar-refractivity contribution in [1.82, 2.24) is 0 Å². The molecule has 1 aromatic heterocycles. The second kappa shape index (κ2) is 6.56. The van der Waals surface area contributed by atoms with Crippen LogP contribution in [0.5, 0.6) is 0 Å². The van der Waals surface area contributed by atoms with Crippen molar-refractivity contribution >= 4 is 17.4 Å². The molecular formula is C9H14S. The van der Waals surface area contributed by atoms with E-state index in [9.17, 15) is 0 Å². The zero-order chi connectivity index (χ0) is 7.82. The van der Waals surface area contributed by atoms with Crippen LogP contribution < -0.4 is 0 Å². The molecule has 0 spiro atoms. The molecule has 56 valence electrons. The Bertz CT molecular complexity index is 161. The van der Waals surface area contributed by atoms with Crippen LogP contribution in [0.1, 0.15) is 26.3 Å². The SMILES string of the molecule is C/C=C/c1ccsc1.CC. The summed E-state index contributed by atoms with van der Waals surface area (Å²) < 4.78 is 0. The summed E-state index contributed by atoms with van der Waals surface area (Å²) in [5, 5.41) is 4.20. The first-order chi connectivity index (χ1) is 4.93. The molecule has 0 nitrogen and oxygen atoms in total. The zero-order valence-corrected chi connectivity index (χ0v) is 7.61. The minimum atomic E-state index is 1.30. The summed E-state index contributed by atoms with van der Waals surface area (Å²) in [5.41, 5.74) is 1.30. The van der Waals surface area contributed by atoms with E-state index in [1.807, 2.05) is 26.8 Å². The van der Waals surface area contributed by atoms with Gasteiger partial charge in [0.1, 0.15) is 0 Å². The van der Waals surface area contributed by atoms with Gasteiger partial charge in [0, 0.05) is 0 Å². The van der Waals surface area contributed by atoms with Gasteiger partial charge in [0.15, 0.2) is 0 Å². The van der Waals surface area contributed by atoms with Crippen LogP contribution >= 0.6 is 11.3 Å². The van der Waals surface area contributed by atoms with Crippen LogP contribution in [-0.4, -0.2) is 0 Å². The minimum Gasteiger partial charge on any atom is -0.152 e. The first-order valence-electron chi connectivity index (χ1n) is 3.58. The van der Waals surface area contributed by atoms with Crippen LogP contribution in [0.15, 0.2) is 22.9 Å². The summed E-state index contributed by atoms with van der Waals surface area (Å²) in [6.45, 7) is 6.03. The van der Waals surface area contributed by atoms with Gasteiger partial charge >= 0.3 is 0 Å². The maximum Gasteiger partial charge on any atom is -0.00209 e. The number of thiophene rings is 1. The maximum absolute atomic E-state index is 2.12. The largest absolute Gasteiger partial charge is 0.152 e. The van der Waals surface area contributed by atoms with Crippen molar-refractivity contribution in [2.75, 3.05) is 0 Å². The molecule has 0 radical (unpaired) electrons. The molecule has 0 aliphatic rings. The van der Waals surface area contributed by atoms with Crippen molar-refractivity contribution in [2.45, 2.75) is 20.8 Å². The highest BCUT2D eigenvalue weighted by atomic mass is 32.1. The van der Waals surface area contributed by atoms with E-state index in [2.05, 4.69) is 22.9 Å². The van der Waals surface area contributed by atoms with Crippen molar-refractivity contribution in [3.05, 3.63) is 28.5 Å². The molecule has 0 aliphatic carbocycles. The van der Waals surface area contributed by atoms with Gasteiger partial charge in [-0.1, -0.05) is 26.0 Å². The first-order valence-corrected chi connectivity index (χ1v) is 4.52. The average molecular weight is 154 g/mol. The van der Waals surface area contributed by atoms with E-state index in [0.29, 0.717) is 0 Å². The van der Waals surface area contributed by atoms with Gasteiger partial charge < -0.3 is 0 Å². The second-order valence-corrected chi connectivity index (χ2v) is 2.34. The molecule has 1 aromatic rings. The average Bonchev–Trinajstić information content (AvgIpc) is 2.46. The lowest BCUT2D eigenvalue weighted by atomic mass is 10.3. The fourth-order valence-corrected chi connectivity index (χ4v) is 1.19. The monoisotopic (exact) mass is 154 g/mol. The molecule has 0 atom stereocenters. The third kappa shape index (κ3) is 3.46. The Morgan fingerprint density at radius 2 is 2.10 bits per heavy atom. The van der Waals surface area contributed by atoms with Crippen molar-refractivity contribution in [3.63, 3.8) is 0 Å². The summed E-state index contributed by atoms with van der Waals surface area (Å²) in [6.07, 6.45) is 4.14.